The van der Waals surface area contributed by atoms with E-state index in [1.807, 2.05) is 6.08 Å². The maximum atomic E-state index is 15.3. The van der Waals surface area contributed by atoms with Crippen molar-refractivity contribution in [3.05, 3.63) is 59.7 Å². The van der Waals surface area contributed by atoms with Gasteiger partial charge in [-0.3, -0.25) is 4.79 Å². The molecular formula is C27H26F6O3. The number of halogens is 6. The van der Waals surface area contributed by atoms with Gasteiger partial charge in [0.25, 0.3) is 0 Å². The highest BCUT2D eigenvalue weighted by Gasteiger charge is 2.65. The van der Waals surface area contributed by atoms with E-state index in [0.717, 1.165) is 49.9 Å². The van der Waals surface area contributed by atoms with Crippen molar-refractivity contribution >= 4 is 5.97 Å². The van der Waals surface area contributed by atoms with E-state index >= 15 is 13.2 Å². The number of hydrogen-bond acceptors (Lipinski definition) is 3. The smallest absolute Gasteiger partial charge is 0.343 e. The van der Waals surface area contributed by atoms with Gasteiger partial charge < -0.3 is 9.47 Å². The number of fused-ring (bicyclic) bond motifs is 3. The van der Waals surface area contributed by atoms with Gasteiger partial charge in [0.05, 0.1) is 23.7 Å². The fourth-order valence-electron chi connectivity index (χ4n) is 5.07. The van der Waals surface area contributed by atoms with Crippen LogP contribution in [0.15, 0.2) is 36.9 Å². The Bertz CT molecular complexity index is 1170. The maximum Gasteiger partial charge on any atom is 0.343 e. The molecule has 2 aliphatic carbocycles. The molecule has 194 valence electrons. The number of ether oxygens (including phenoxy) is 2. The van der Waals surface area contributed by atoms with Crippen LogP contribution < -0.4 is 9.47 Å². The Morgan fingerprint density at radius 1 is 0.944 bits per heavy atom. The lowest BCUT2D eigenvalue weighted by Crippen LogP contribution is -2.41. The Balaban J connectivity index is 1.66. The van der Waals surface area contributed by atoms with Crippen LogP contribution in [0.4, 0.5) is 26.3 Å². The van der Waals surface area contributed by atoms with Crippen LogP contribution in [0.2, 0.25) is 0 Å². The van der Waals surface area contributed by atoms with Gasteiger partial charge in [-0.15, -0.1) is 6.58 Å². The van der Waals surface area contributed by atoms with E-state index in [4.69, 9.17) is 9.47 Å². The van der Waals surface area contributed by atoms with E-state index in [1.165, 1.54) is 6.92 Å². The van der Waals surface area contributed by atoms with Gasteiger partial charge in [0.15, 0.2) is 23.1 Å². The standard InChI is InChI=1S/C27H26F6O3/c1-3-5-6-15-7-9-16(10-8-15)25(34)36-20-14-12-18-17-11-13-19(35-4-2)23(28)21(17)26(30,31)27(32,33)22(18)24(20)29/h3,11-16H,1,4-10H2,2H3. The molecule has 36 heavy (non-hydrogen) atoms. The highest BCUT2D eigenvalue weighted by Crippen LogP contribution is 2.60. The predicted octanol–water partition coefficient (Wildman–Crippen LogP) is 7.91. The van der Waals surface area contributed by atoms with E-state index in [9.17, 15) is 18.0 Å². The molecule has 0 amide bonds. The van der Waals surface area contributed by atoms with Gasteiger partial charge in [-0.05, 0) is 86.8 Å². The SMILES string of the molecule is C=CCCC1CCC(C(=O)Oc2ccc3c(c2F)C(F)(F)C(F)(F)c2c-3ccc(OCC)c2F)CC1. The van der Waals surface area contributed by atoms with Crippen molar-refractivity contribution in [1.82, 2.24) is 0 Å². The van der Waals surface area contributed by atoms with Gasteiger partial charge in [0, 0.05) is 0 Å². The molecule has 0 aromatic heterocycles. The summed E-state index contributed by atoms with van der Waals surface area (Å²) in [4.78, 5) is 12.6. The molecule has 0 heterocycles. The average Bonchev–Trinajstić information content (AvgIpc) is 2.84. The lowest BCUT2D eigenvalue weighted by molar-refractivity contribution is -0.228. The van der Waals surface area contributed by atoms with Crippen molar-refractivity contribution in [2.24, 2.45) is 11.8 Å². The molecule has 0 spiro atoms. The summed E-state index contributed by atoms with van der Waals surface area (Å²) in [5, 5.41) is 0. The molecule has 0 aliphatic heterocycles. The van der Waals surface area contributed by atoms with E-state index in [1.54, 1.807) is 0 Å². The minimum atomic E-state index is -5.11. The van der Waals surface area contributed by atoms with Crippen LogP contribution in [0.1, 0.15) is 56.6 Å². The van der Waals surface area contributed by atoms with Crippen LogP contribution in [-0.4, -0.2) is 12.6 Å². The first-order valence-electron chi connectivity index (χ1n) is 11.9. The molecule has 2 aromatic rings. The quantitative estimate of drug-likeness (QED) is 0.164. The van der Waals surface area contributed by atoms with Gasteiger partial charge in [0.2, 0.25) is 0 Å². The van der Waals surface area contributed by atoms with Crippen molar-refractivity contribution in [3.63, 3.8) is 0 Å². The Labute approximate surface area is 205 Å². The van der Waals surface area contributed by atoms with Crippen molar-refractivity contribution in [1.29, 1.82) is 0 Å². The summed E-state index contributed by atoms with van der Waals surface area (Å²) in [6, 6.07) is 3.88. The van der Waals surface area contributed by atoms with Crippen molar-refractivity contribution < 1.29 is 40.6 Å². The van der Waals surface area contributed by atoms with Crippen LogP contribution >= 0.6 is 0 Å². The number of rotatable bonds is 7. The monoisotopic (exact) mass is 512 g/mol. The zero-order valence-corrected chi connectivity index (χ0v) is 19.7. The highest BCUT2D eigenvalue weighted by atomic mass is 19.3. The molecule has 0 saturated heterocycles. The summed E-state index contributed by atoms with van der Waals surface area (Å²) >= 11 is 0. The third-order valence-electron chi connectivity index (χ3n) is 7.00. The summed E-state index contributed by atoms with van der Waals surface area (Å²) in [5.74, 6) is -16.0. The van der Waals surface area contributed by atoms with Crippen molar-refractivity contribution in [3.8, 4) is 22.6 Å². The third kappa shape index (κ3) is 4.26. The molecule has 4 rings (SSSR count). The Kier molecular flexibility index (Phi) is 7.12. The van der Waals surface area contributed by atoms with Gasteiger partial charge in [-0.2, -0.15) is 17.6 Å². The summed E-state index contributed by atoms with van der Waals surface area (Å²) < 4.78 is 100. The molecule has 1 saturated carbocycles. The number of esters is 1. The molecule has 0 unspecified atom stereocenters. The van der Waals surface area contributed by atoms with Crippen LogP contribution in [-0.2, 0) is 16.6 Å². The summed E-state index contributed by atoms with van der Waals surface area (Å²) in [6.07, 6.45) is 6.14. The fraction of sp³-hybridized carbons (Fsp3) is 0.444. The van der Waals surface area contributed by atoms with Gasteiger partial charge in [0.1, 0.15) is 0 Å². The van der Waals surface area contributed by atoms with Crippen LogP contribution in [0.5, 0.6) is 11.5 Å². The van der Waals surface area contributed by atoms with Crippen molar-refractivity contribution in [2.45, 2.75) is 57.3 Å². The molecular weight excluding hydrogens is 486 g/mol. The molecule has 9 heteroatoms. The van der Waals surface area contributed by atoms with E-state index in [0.29, 0.717) is 18.8 Å². The fourth-order valence-corrected chi connectivity index (χ4v) is 5.07. The predicted molar refractivity (Wildman–Crippen MR) is 121 cm³/mol. The largest absolute Gasteiger partial charge is 0.491 e. The summed E-state index contributed by atoms with van der Waals surface area (Å²) in [5.41, 5.74) is -4.40. The zero-order valence-electron chi connectivity index (χ0n) is 19.7. The number of carbonyl (C=O) groups excluding carboxylic acids is 1. The Hall–Kier alpha value is -2.97. The molecule has 1 fully saturated rings. The average molecular weight is 512 g/mol. The molecule has 2 aromatic carbocycles. The number of carbonyl (C=O) groups is 1. The highest BCUT2D eigenvalue weighted by molar-refractivity contribution is 5.80. The number of allylic oxidation sites excluding steroid dienone is 1. The first-order chi connectivity index (χ1) is 17.0. The number of alkyl halides is 4. The minimum absolute atomic E-state index is 0.0753. The third-order valence-corrected chi connectivity index (χ3v) is 7.00. The number of benzene rings is 2. The summed E-state index contributed by atoms with van der Waals surface area (Å²) in [6.45, 7) is 5.09. The van der Waals surface area contributed by atoms with Crippen LogP contribution in [0.25, 0.3) is 11.1 Å². The lowest BCUT2D eigenvalue weighted by atomic mass is 9.79. The first-order valence-corrected chi connectivity index (χ1v) is 11.9. The van der Waals surface area contributed by atoms with E-state index in [2.05, 4.69) is 6.58 Å². The zero-order chi connectivity index (χ0) is 26.3. The molecule has 3 nitrogen and oxygen atoms in total. The van der Waals surface area contributed by atoms with E-state index in [-0.39, 0.29) is 6.61 Å². The van der Waals surface area contributed by atoms with Gasteiger partial charge >= 0.3 is 17.8 Å². The molecule has 0 radical (unpaired) electrons. The van der Waals surface area contributed by atoms with Crippen molar-refractivity contribution in [2.75, 3.05) is 6.61 Å². The van der Waals surface area contributed by atoms with E-state index < -0.39 is 69.1 Å². The number of hydrogen-bond donors (Lipinski definition) is 0. The lowest BCUT2D eigenvalue weighted by Gasteiger charge is -2.35. The Morgan fingerprint density at radius 3 is 2.00 bits per heavy atom. The van der Waals surface area contributed by atoms with Gasteiger partial charge in [-0.1, -0.05) is 6.08 Å². The Morgan fingerprint density at radius 2 is 1.47 bits per heavy atom. The summed E-state index contributed by atoms with van der Waals surface area (Å²) in [7, 11) is 0. The van der Waals surface area contributed by atoms with Gasteiger partial charge in [-0.25, -0.2) is 8.78 Å². The van der Waals surface area contributed by atoms with Crippen LogP contribution in [0, 0.1) is 23.5 Å². The molecule has 2 aliphatic rings. The molecule has 0 atom stereocenters. The molecule has 0 N–H and O–H groups in total. The maximum absolute atomic E-state index is 15.3. The minimum Gasteiger partial charge on any atom is -0.491 e. The first kappa shape index (κ1) is 26.1. The normalized spacial score (nSPS) is 21.8. The second kappa shape index (κ2) is 9.82. The van der Waals surface area contributed by atoms with Crippen LogP contribution in [0.3, 0.4) is 0 Å². The topological polar surface area (TPSA) is 35.5 Å². The second-order valence-corrected chi connectivity index (χ2v) is 9.19. The molecule has 0 bridgehead atoms. The second-order valence-electron chi connectivity index (χ2n) is 9.19.